The van der Waals surface area contributed by atoms with Crippen LogP contribution in [-0.4, -0.2) is 15.2 Å². The summed E-state index contributed by atoms with van der Waals surface area (Å²) in [4.78, 5) is 3.52. The molecular formula is C2H3ClN3Na. The topological polar surface area (TPSA) is 41.6 Å². The van der Waals surface area contributed by atoms with Gasteiger partial charge in [0, 0.05) is 0 Å². The summed E-state index contributed by atoms with van der Waals surface area (Å²) in [7, 11) is 0. The van der Waals surface area contributed by atoms with Gasteiger partial charge in [0.05, 0.1) is 0 Å². The van der Waals surface area contributed by atoms with E-state index in [1.54, 1.807) is 0 Å². The molecule has 1 heterocycles. The zero-order valence-electron chi connectivity index (χ0n) is 4.85. The van der Waals surface area contributed by atoms with Gasteiger partial charge < -0.3 is 1.43 Å². The average molecular weight is 128 g/mol. The van der Waals surface area contributed by atoms with Crippen molar-refractivity contribution < 1.29 is 31.0 Å². The molecule has 0 fully saturated rings. The Hall–Kier alpha value is 0.430. The molecule has 0 amide bonds. The Balaban J connectivity index is 0. The first-order valence-electron chi connectivity index (χ1n) is 1.40. The standard InChI is InChI=1S/C2H2ClN3.Na.H/c3-2-4-1-5-6-2;;/h1H,(H,4,5,6);;/q;+1;-1. The van der Waals surface area contributed by atoms with Crippen LogP contribution in [0.25, 0.3) is 0 Å². The third kappa shape index (κ3) is 2.29. The number of halogens is 1. The minimum atomic E-state index is 0. The zero-order chi connectivity index (χ0) is 4.41. The first kappa shape index (κ1) is 7.43. The van der Waals surface area contributed by atoms with E-state index in [-0.39, 0.29) is 31.0 Å². The van der Waals surface area contributed by atoms with E-state index in [9.17, 15) is 0 Å². The molecule has 5 heteroatoms. The van der Waals surface area contributed by atoms with Gasteiger partial charge in [0.15, 0.2) is 0 Å². The molecule has 0 aliphatic heterocycles. The molecule has 0 saturated carbocycles. The minimum absolute atomic E-state index is 0. The van der Waals surface area contributed by atoms with Crippen molar-refractivity contribution in [3.8, 4) is 0 Å². The van der Waals surface area contributed by atoms with E-state index in [0.29, 0.717) is 5.28 Å². The maximum Gasteiger partial charge on any atom is 1.00 e. The normalized spacial score (nSPS) is 7.57. The molecule has 34 valence electrons. The summed E-state index contributed by atoms with van der Waals surface area (Å²) in [5, 5.41) is 6.19. The van der Waals surface area contributed by atoms with E-state index >= 15 is 0 Å². The fourth-order valence-electron chi connectivity index (χ4n) is 0.191. The van der Waals surface area contributed by atoms with Crippen LogP contribution in [0.4, 0.5) is 0 Å². The smallest absolute Gasteiger partial charge is 1.00 e. The molecule has 7 heavy (non-hydrogen) atoms. The molecule has 0 saturated heterocycles. The Bertz CT molecular complexity index is 121. The van der Waals surface area contributed by atoms with Crippen LogP contribution in [0.3, 0.4) is 0 Å². The molecule has 1 rings (SSSR count). The molecule has 0 unspecified atom stereocenters. The molecule has 1 N–H and O–H groups in total. The maximum absolute atomic E-state index is 5.23. The molecule has 0 aliphatic rings. The molecule has 3 nitrogen and oxygen atoms in total. The maximum atomic E-state index is 5.23. The zero-order valence-corrected chi connectivity index (χ0v) is 6.61. The predicted octanol–water partition coefficient (Wildman–Crippen LogP) is -2.43. The summed E-state index contributed by atoms with van der Waals surface area (Å²) in [6.07, 6.45) is 1.35. The van der Waals surface area contributed by atoms with Gasteiger partial charge in [0.2, 0.25) is 5.28 Å². The predicted molar refractivity (Wildman–Crippen MR) is 22.5 cm³/mol. The second-order valence-electron chi connectivity index (χ2n) is 0.776. The fraction of sp³-hybridized carbons (Fsp3) is 0. The molecule has 1 aromatic rings. The van der Waals surface area contributed by atoms with Gasteiger partial charge in [-0.05, 0) is 11.6 Å². The summed E-state index contributed by atoms with van der Waals surface area (Å²) in [6.45, 7) is 0. The van der Waals surface area contributed by atoms with Crippen LogP contribution in [0, 0.1) is 0 Å². The van der Waals surface area contributed by atoms with Crippen molar-refractivity contribution in [2.24, 2.45) is 0 Å². The molecule has 1 aromatic heterocycles. The van der Waals surface area contributed by atoms with Gasteiger partial charge in [0.25, 0.3) is 0 Å². The van der Waals surface area contributed by atoms with Gasteiger partial charge in [-0.3, -0.25) is 0 Å². The van der Waals surface area contributed by atoms with Crippen molar-refractivity contribution in [1.82, 2.24) is 15.2 Å². The Kier molecular flexibility index (Phi) is 3.65. The van der Waals surface area contributed by atoms with Crippen molar-refractivity contribution in [3.05, 3.63) is 11.6 Å². The van der Waals surface area contributed by atoms with Crippen LogP contribution >= 0.6 is 11.6 Å². The summed E-state index contributed by atoms with van der Waals surface area (Å²) in [5.41, 5.74) is 0. The summed E-state index contributed by atoms with van der Waals surface area (Å²) >= 11 is 5.23. The third-order valence-corrected chi connectivity index (χ3v) is 0.568. The number of hydrogen-bond acceptors (Lipinski definition) is 2. The summed E-state index contributed by atoms with van der Waals surface area (Å²) in [6, 6.07) is 0. The Morgan fingerprint density at radius 1 is 1.86 bits per heavy atom. The van der Waals surface area contributed by atoms with Crippen LogP contribution in [0.5, 0.6) is 0 Å². The van der Waals surface area contributed by atoms with Crippen LogP contribution < -0.4 is 29.6 Å². The van der Waals surface area contributed by atoms with Gasteiger partial charge in [-0.1, -0.05) is 0 Å². The van der Waals surface area contributed by atoms with Crippen LogP contribution in [-0.2, 0) is 0 Å². The van der Waals surface area contributed by atoms with Crippen molar-refractivity contribution in [3.63, 3.8) is 0 Å². The van der Waals surface area contributed by atoms with E-state index in [0.717, 1.165) is 0 Å². The Labute approximate surface area is 69.2 Å². The van der Waals surface area contributed by atoms with Gasteiger partial charge in [0.1, 0.15) is 6.33 Å². The van der Waals surface area contributed by atoms with Crippen LogP contribution in [0.1, 0.15) is 1.43 Å². The van der Waals surface area contributed by atoms with Crippen LogP contribution in [0.15, 0.2) is 6.33 Å². The van der Waals surface area contributed by atoms with Gasteiger partial charge in [-0.2, -0.15) is 5.10 Å². The second kappa shape index (κ2) is 3.43. The van der Waals surface area contributed by atoms with Gasteiger partial charge in [-0.15, -0.1) is 0 Å². The van der Waals surface area contributed by atoms with Crippen molar-refractivity contribution in [2.75, 3.05) is 0 Å². The SMILES string of the molecule is Clc1ncn[nH]1.[H-].[Na+]. The summed E-state index contributed by atoms with van der Waals surface area (Å²) in [5.74, 6) is 0. The first-order valence-corrected chi connectivity index (χ1v) is 1.78. The van der Waals surface area contributed by atoms with Gasteiger partial charge >= 0.3 is 29.6 Å². The molecule has 0 aromatic carbocycles. The fourth-order valence-corrected chi connectivity index (χ4v) is 0.283. The van der Waals surface area contributed by atoms with Gasteiger partial charge in [-0.25, -0.2) is 10.1 Å². The third-order valence-electron chi connectivity index (χ3n) is 0.386. The number of aromatic amines is 1. The minimum Gasteiger partial charge on any atom is -1.00 e. The Morgan fingerprint density at radius 3 is 2.71 bits per heavy atom. The first-order chi connectivity index (χ1) is 2.89. The number of rotatable bonds is 0. The van der Waals surface area contributed by atoms with Crippen molar-refractivity contribution >= 4 is 11.6 Å². The van der Waals surface area contributed by atoms with E-state index < -0.39 is 0 Å². The summed E-state index contributed by atoms with van der Waals surface area (Å²) < 4.78 is 0. The molecular weight excluding hydrogens is 124 g/mol. The quantitative estimate of drug-likeness (QED) is 0.394. The average Bonchev–Trinajstić information content (AvgIpc) is 1.86. The number of nitrogens with one attached hydrogen (secondary N) is 1. The molecule has 0 spiro atoms. The molecule has 0 atom stereocenters. The molecule has 0 radical (unpaired) electrons. The number of nitrogens with zero attached hydrogens (tertiary/aromatic N) is 2. The number of H-pyrrole nitrogens is 1. The number of hydrogen-bond donors (Lipinski definition) is 1. The van der Waals surface area contributed by atoms with Crippen molar-refractivity contribution in [1.29, 1.82) is 0 Å². The largest absolute Gasteiger partial charge is 1.00 e. The Morgan fingerprint density at radius 2 is 2.57 bits per heavy atom. The van der Waals surface area contributed by atoms with E-state index in [2.05, 4.69) is 15.2 Å². The van der Waals surface area contributed by atoms with E-state index in [1.165, 1.54) is 6.33 Å². The molecule has 0 aliphatic carbocycles. The second-order valence-corrected chi connectivity index (χ2v) is 1.13. The van der Waals surface area contributed by atoms with E-state index in [4.69, 9.17) is 11.6 Å². The van der Waals surface area contributed by atoms with Crippen molar-refractivity contribution in [2.45, 2.75) is 0 Å². The van der Waals surface area contributed by atoms with Crippen LogP contribution in [0.2, 0.25) is 5.28 Å². The molecule has 0 bridgehead atoms. The monoisotopic (exact) mass is 127 g/mol. The van der Waals surface area contributed by atoms with E-state index in [1.807, 2.05) is 0 Å². The number of aromatic nitrogens is 3.